The van der Waals surface area contributed by atoms with E-state index in [-0.39, 0.29) is 17.8 Å². The van der Waals surface area contributed by atoms with Gasteiger partial charge in [0.05, 0.1) is 22.7 Å². The van der Waals surface area contributed by atoms with Crippen LogP contribution in [0.4, 0.5) is 18.9 Å². The highest BCUT2D eigenvalue weighted by Crippen LogP contribution is 2.30. The summed E-state index contributed by atoms with van der Waals surface area (Å²) < 4.78 is 58.1. The lowest BCUT2D eigenvalue weighted by Crippen LogP contribution is -2.19. The van der Waals surface area contributed by atoms with E-state index in [1.54, 1.807) is 0 Å². The van der Waals surface area contributed by atoms with E-state index in [9.17, 15) is 21.6 Å². The van der Waals surface area contributed by atoms with Gasteiger partial charge in [-0.25, -0.2) is 13.6 Å². The van der Waals surface area contributed by atoms with Gasteiger partial charge in [0.1, 0.15) is 0 Å². The molecule has 0 aliphatic heterocycles. The molecular formula is C8H10F3N3O2S. The quantitative estimate of drug-likeness (QED) is 0.835. The molecule has 0 unspecified atom stereocenters. The van der Waals surface area contributed by atoms with Crippen molar-refractivity contribution >= 4 is 15.7 Å². The number of aryl methyl sites for hydroxylation is 1. The van der Waals surface area contributed by atoms with Crippen LogP contribution in [0, 0.1) is 0 Å². The molecular weight excluding hydrogens is 259 g/mol. The zero-order valence-electron chi connectivity index (χ0n) is 8.53. The number of hydrogen-bond acceptors (Lipinski definition) is 4. The summed E-state index contributed by atoms with van der Waals surface area (Å²) in [5, 5.41) is 4.76. The molecule has 0 amide bonds. The summed E-state index contributed by atoms with van der Waals surface area (Å²) in [6, 6.07) is 0.714. The van der Waals surface area contributed by atoms with Gasteiger partial charge in [0.2, 0.25) is 10.0 Å². The predicted molar refractivity (Wildman–Crippen MR) is 55.3 cm³/mol. The fourth-order valence-electron chi connectivity index (χ4n) is 1.11. The smallest absolute Gasteiger partial charge is 0.397 e. The number of nitrogens with two attached hydrogens (primary N) is 2. The van der Waals surface area contributed by atoms with Gasteiger partial charge in [-0.15, -0.1) is 0 Å². The number of nitrogens with zero attached hydrogens (tertiary/aromatic N) is 1. The van der Waals surface area contributed by atoms with Gasteiger partial charge in [-0.05, 0) is 6.07 Å². The van der Waals surface area contributed by atoms with Gasteiger partial charge in [-0.3, -0.25) is 4.98 Å². The van der Waals surface area contributed by atoms with E-state index in [0.717, 1.165) is 0 Å². The molecule has 0 radical (unpaired) electrons. The second kappa shape index (κ2) is 4.49. The number of anilines is 1. The highest BCUT2D eigenvalue weighted by atomic mass is 32.2. The van der Waals surface area contributed by atoms with Crippen molar-refractivity contribution in [1.82, 2.24) is 4.98 Å². The Morgan fingerprint density at radius 2 is 1.94 bits per heavy atom. The molecule has 9 heteroatoms. The number of sulfonamides is 1. The van der Waals surface area contributed by atoms with Crippen molar-refractivity contribution in [2.45, 2.75) is 12.6 Å². The van der Waals surface area contributed by atoms with E-state index >= 15 is 0 Å². The maximum absolute atomic E-state index is 12.3. The molecule has 5 nitrogen and oxygen atoms in total. The topological polar surface area (TPSA) is 99.1 Å². The minimum atomic E-state index is -4.53. The van der Waals surface area contributed by atoms with Gasteiger partial charge in [0.15, 0.2) is 0 Å². The Bertz CT molecular complexity index is 513. The highest BCUT2D eigenvalue weighted by molar-refractivity contribution is 7.89. The Kier molecular flexibility index (Phi) is 3.62. The Morgan fingerprint density at radius 3 is 2.35 bits per heavy atom. The fraction of sp³-hybridized carbons (Fsp3) is 0.375. The highest BCUT2D eigenvalue weighted by Gasteiger charge is 2.31. The summed E-state index contributed by atoms with van der Waals surface area (Å²) in [6.07, 6.45) is -4.04. The van der Waals surface area contributed by atoms with Crippen LogP contribution in [0.3, 0.4) is 0 Å². The number of rotatable bonds is 3. The Morgan fingerprint density at radius 1 is 1.35 bits per heavy atom. The van der Waals surface area contributed by atoms with Crippen LogP contribution >= 0.6 is 0 Å². The van der Waals surface area contributed by atoms with Crippen LogP contribution in [0.2, 0.25) is 0 Å². The third kappa shape index (κ3) is 4.19. The van der Waals surface area contributed by atoms with E-state index in [4.69, 9.17) is 10.9 Å². The van der Waals surface area contributed by atoms with E-state index in [2.05, 4.69) is 4.98 Å². The molecule has 0 fully saturated rings. The van der Waals surface area contributed by atoms with Crippen LogP contribution in [0.5, 0.6) is 0 Å². The first-order valence-corrected chi connectivity index (χ1v) is 6.13. The lowest BCUT2D eigenvalue weighted by atomic mass is 10.2. The molecule has 1 aromatic heterocycles. The van der Waals surface area contributed by atoms with Crippen molar-refractivity contribution in [3.05, 3.63) is 23.5 Å². The molecule has 0 atom stereocenters. The van der Waals surface area contributed by atoms with Crippen LogP contribution in [-0.2, 0) is 22.6 Å². The van der Waals surface area contributed by atoms with E-state index < -0.39 is 27.5 Å². The summed E-state index contributed by atoms with van der Waals surface area (Å²) in [5.41, 5.74) is 4.24. The standard InChI is InChI=1S/C8H10F3N3O2S/c9-8(10,11)5-3-6(12)7(14-4-5)1-2-17(13,15)16/h3-4H,1-2,12H2,(H2,13,15,16). The molecule has 1 heterocycles. The van der Waals surface area contributed by atoms with E-state index in [1.807, 2.05) is 0 Å². The van der Waals surface area contributed by atoms with Crippen molar-refractivity contribution < 1.29 is 21.6 Å². The second-order valence-corrected chi connectivity index (χ2v) is 5.11. The van der Waals surface area contributed by atoms with Crippen LogP contribution < -0.4 is 10.9 Å². The Labute approximate surface area is 95.7 Å². The summed E-state index contributed by atoms with van der Waals surface area (Å²) in [6.45, 7) is 0. The molecule has 0 bridgehead atoms. The Balaban J connectivity index is 2.91. The van der Waals surface area contributed by atoms with E-state index in [1.165, 1.54) is 0 Å². The molecule has 4 N–H and O–H groups in total. The molecule has 1 aromatic rings. The van der Waals surface area contributed by atoms with Gasteiger partial charge in [-0.1, -0.05) is 0 Å². The zero-order chi connectivity index (χ0) is 13.3. The molecule has 96 valence electrons. The number of halogens is 3. The maximum atomic E-state index is 12.3. The average Bonchev–Trinajstić information content (AvgIpc) is 2.12. The largest absolute Gasteiger partial charge is 0.417 e. The molecule has 0 aliphatic rings. The zero-order valence-corrected chi connectivity index (χ0v) is 9.35. The summed E-state index contributed by atoms with van der Waals surface area (Å²) >= 11 is 0. The summed E-state index contributed by atoms with van der Waals surface area (Å²) in [7, 11) is -3.70. The van der Waals surface area contributed by atoms with Gasteiger partial charge in [0.25, 0.3) is 0 Å². The van der Waals surface area contributed by atoms with Crippen molar-refractivity contribution in [3.8, 4) is 0 Å². The van der Waals surface area contributed by atoms with E-state index in [0.29, 0.717) is 12.3 Å². The molecule has 0 spiro atoms. The molecule has 0 aromatic carbocycles. The SMILES string of the molecule is Nc1cc(C(F)(F)F)cnc1CCS(N)(=O)=O. The fourth-order valence-corrected chi connectivity index (χ4v) is 1.59. The van der Waals surface area contributed by atoms with Crippen LogP contribution in [0.15, 0.2) is 12.3 Å². The number of pyridine rings is 1. The van der Waals surface area contributed by atoms with Crippen molar-refractivity contribution in [1.29, 1.82) is 0 Å². The monoisotopic (exact) mass is 269 g/mol. The predicted octanol–water partition coefficient (Wildman–Crippen LogP) is 0.514. The van der Waals surface area contributed by atoms with Crippen LogP contribution in [0.1, 0.15) is 11.3 Å². The molecule has 17 heavy (non-hydrogen) atoms. The molecule has 1 rings (SSSR count). The maximum Gasteiger partial charge on any atom is 0.417 e. The van der Waals surface area contributed by atoms with Crippen molar-refractivity contribution in [3.63, 3.8) is 0 Å². The van der Waals surface area contributed by atoms with Gasteiger partial charge < -0.3 is 5.73 Å². The van der Waals surface area contributed by atoms with Gasteiger partial charge in [-0.2, -0.15) is 13.2 Å². The van der Waals surface area contributed by atoms with Gasteiger partial charge in [0, 0.05) is 12.6 Å². The number of aromatic nitrogens is 1. The molecule has 0 saturated carbocycles. The number of hydrogen-bond donors (Lipinski definition) is 2. The average molecular weight is 269 g/mol. The van der Waals surface area contributed by atoms with Crippen molar-refractivity contribution in [2.24, 2.45) is 5.14 Å². The number of alkyl halides is 3. The van der Waals surface area contributed by atoms with Gasteiger partial charge >= 0.3 is 6.18 Å². The minimum absolute atomic E-state index is 0.0759. The number of nitrogen functional groups attached to an aromatic ring is 1. The van der Waals surface area contributed by atoms with Crippen molar-refractivity contribution in [2.75, 3.05) is 11.5 Å². The summed E-state index contributed by atoms with van der Waals surface area (Å²) in [4.78, 5) is 3.48. The lowest BCUT2D eigenvalue weighted by Gasteiger charge is -2.09. The Hall–Kier alpha value is -1.35. The molecule has 0 aliphatic carbocycles. The lowest BCUT2D eigenvalue weighted by molar-refractivity contribution is -0.137. The minimum Gasteiger partial charge on any atom is -0.397 e. The summed E-state index contributed by atoms with van der Waals surface area (Å²) in [5.74, 6) is -0.421. The first kappa shape index (κ1) is 13.7. The number of primary sulfonamides is 1. The van der Waals surface area contributed by atoms with Crippen LogP contribution in [-0.4, -0.2) is 19.2 Å². The normalized spacial score (nSPS) is 12.7. The second-order valence-electron chi connectivity index (χ2n) is 3.37. The third-order valence-electron chi connectivity index (χ3n) is 1.95. The first-order chi connectivity index (χ1) is 7.59. The first-order valence-electron chi connectivity index (χ1n) is 4.41. The van der Waals surface area contributed by atoms with Crippen LogP contribution in [0.25, 0.3) is 0 Å². The molecule has 0 saturated heterocycles. The third-order valence-corrected chi connectivity index (χ3v) is 2.73.